The first kappa shape index (κ1) is 14.6. The van der Waals surface area contributed by atoms with Crippen LogP contribution in [0.3, 0.4) is 0 Å². The molecule has 2 heterocycles. The number of rotatable bonds is 5. The monoisotopic (exact) mass is 300 g/mol. The van der Waals surface area contributed by atoms with Crippen molar-refractivity contribution in [2.75, 3.05) is 24.6 Å². The number of aromatic nitrogens is 1. The summed E-state index contributed by atoms with van der Waals surface area (Å²) in [4.78, 5) is 17.7. The van der Waals surface area contributed by atoms with Gasteiger partial charge in [-0.3, -0.25) is 9.78 Å². The molecule has 0 amide bonds. The van der Waals surface area contributed by atoms with Crippen LogP contribution >= 0.6 is 0 Å². The fourth-order valence-corrected chi connectivity index (χ4v) is 2.92. The smallest absolute Gasteiger partial charge is 0.308 e. The Kier molecular flexibility index (Phi) is 4.13. The maximum absolute atomic E-state index is 11.2. The van der Waals surface area contributed by atoms with Gasteiger partial charge in [0.2, 0.25) is 0 Å². The maximum Gasteiger partial charge on any atom is 0.308 e. The van der Waals surface area contributed by atoms with Crippen LogP contribution in [0.15, 0.2) is 30.5 Å². The molecule has 1 aromatic carbocycles. The predicted octanol–water partition coefficient (Wildman–Crippen LogP) is 2.93. The van der Waals surface area contributed by atoms with Crippen molar-refractivity contribution in [3.05, 3.63) is 30.5 Å². The molecule has 1 atom stereocenters. The number of carboxylic acid groups (broad SMARTS) is 1. The van der Waals surface area contributed by atoms with Crippen LogP contribution in [-0.2, 0) is 4.79 Å². The molecule has 5 heteroatoms. The molecule has 1 fully saturated rings. The predicted molar refractivity (Wildman–Crippen MR) is 85.5 cm³/mol. The average Bonchev–Trinajstić information content (AvgIpc) is 3.02. The minimum absolute atomic E-state index is 0.289. The van der Waals surface area contributed by atoms with Crippen LogP contribution in [0.4, 0.5) is 5.69 Å². The van der Waals surface area contributed by atoms with Crippen LogP contribution in [0.1, 0.15) is 19.8 Å². The number of hydrogen-bond donors (Lipinski definition) is 1. The third-order valence-corrected chi connectivity index (χ3v) is 4.05. The van der Waals surface area contributed by atoms with E-state index in [1.807, 2.05) is 24.3 Å². The van der Waals surface area contributed by atoms with Crippen molar-refractivity contribution in [1.82, 2.24) is 4.98 Å². The van der Waals surface area contributed by atoms with Gasteiger partial charge in [-0.25, -0.2) is 0 Å². The third kappa shape index (κ3) is 2.71. The molecule has 1 aliphatic rings. The largest absolute Gasteiger partial charge is 0.491 e. The maximum atomic E-state index is 11.2. The Bertz CT molecular complexity index is 687. The Labute approximate surface area is 129 Å². The highest BCUT2D eigenvalue weighted by Gasteiger charge is 2.29. The van der Waals surface area contributed by atoms with E-state index in [2.05, 4.69) is 16.8 Å². The summed E-state index contributed by atoms with van der Waals surface area (Å²) in [5.41, 5.74) is 1.88. The molecule has 0 aliphatic carbocycles. The quantitative estimate of drug-likeness (QED) is 0.920. The number of aliphatic carboxylic acids is 1. The van der Waals surface area contributed by atoms with E-state index < -0.39 is 5.97 Å². The molecule has 1 saturated heterocycles. The van der Waals surface area contributed by atoms with Gasteiger partial charge in [-0.1, -0.05) is 19.1 Å². The molecule has 1 aliphatic heterocycles. The lowest BCUT2D eigenvalue weighted by molar-refractivity contribution is -0.140. The summed E-state index contributed by atoms with van der Waals surface area (Å²) in [5.74, 6) is -0.217. The van der Waals surface area contributed by atoms with Crippen LogP contribution < -0.4 is 9.64 Å². The van der Waals surface area contributed by atoms with E-state index in [-0.39, 0.29) is 5.92 Å². The number of pyridine rings is 1. The first-order chi connectivity index (χ1) is 10.7. The van der Waals surface area contributed by atoms with E-state index in [1.54, 1.807) is 6.20 Å². The summed E-state index contributed by atoms with van der Waals surface area (Å²) >= 11 is 0. The van der Waals surface area contributed by atoms with Crippen molar-refractivity contribution >= 4 is 22.6 Å². The van der Waals surface area contributed by atoms with Gasteiger partial charge in [0, 0.05) is 30.4 Å². The number of hydrogen-bond acceptors (Lipinski definition) is 4. The Morgan fingerprint density at radius 1 is 1.45 bits per heavy atom. The molecule has 0 radical (unpaired) electrons. The van der Waals surface area contributed by atoms with Crippen LogP contribution in [-0.4, -0.2) is 35.8 Å². The minimum Gasteiger partial charge on any atom is -0.491 e. The standard InChI is InChI=1S/C17H20N2O3/c1-2-10-22-15-5-3-4-13-14(6-8-18-16(13)15)19-9-7-12(11-19)17(20)21/h3-6,8,12H,2,7,9-11H2,1H3,(H,20,21). The highest BCUT2D eigenvalue weighted by atomic mass is 16.5. The Morgan fingerprint density at radius 3 is 3.05 bits per heavy atom. The van der Waals surface area contributed by atoms with Gasteiger partial charge in [-0.2, -0.15) is 0 Å². The number of anilines is 1. The summed E-state index contributed by atoms with van der Waals surface area (Å²) in [6.45, 7) is 4.04. The summed E-state index contributed by atoms with van der Waals surface area (Å²) < 4.78 is 5.77. The van der Waals surface area contributed by atoms with E-state index in [4.69, 9.17) is 4.74 Å². The number of fused-ring (bicyclic) bond motifs is 1. The van der Waals surface area contributed by atoms with Crippen LogP contribution in [0.5, 0.6) is 5.75 Å². The molecule has 116 valence electrons. The molecule has 1 aromatic heterocycles. The second-order valence-corrected chi connectivity index (χ2v) is 5.60. The second-order valence-electron chi connectivity index (χ2n) is 5.60. The van der Waals surface area contributed by atoms with Gasteiger partial charge in [0.1, 0.15) is 11.3 Å². The van der Waals surface area contributed by atoms with E-state index in [0.717, 1.165) is 35.3 Å². The van der Waals surface area contributed by atoms with Crippen molar-refractivity contribution < 1.29 is 14.6 Å². The Hall–Kier alpha value is -2.30. The van der Waals surface area contributed by atoms with Gasteiger partial charge in [0.05, 0.1) is 12.5 Å². The van der Waals surface area contributed by atoms with E-state index >= 15 is 0 Å². The number of carboxylic acids is 1. The number of nitrogens with zero attached hydrogens (tertiary/aromatic N) is 2. The number of carbonyl (C=O) groups is 1. The van der Waals surface area contributed by atoms with Crippen LogP contribution in [0, 0.1) is 5.92 Å². The van der Waals surface area contributed by atoms with E-state index in [1.165, 1.54) is 0 Å². The molecular formula is C17H20N2O3. The molecular weight excluding hydrogens is 280 g/mol. The molecule has 1 unspecified atom stereocenters. The summed E-state index contributed by atoms with van der Waals surface area (Å²) in [5, 5.41) is 10.2. The molecule has 5 nitrogen and oxygen atoms in total. The van der Waals surface area contributed by atoms with Crippen molar-refractivity contribution in [2.24, 2.45) is 5.92 Å². The normalized spacial score (nSPS) is 17.9. The minimum atomic E-state index is -0.715. The van der Waals surface area contributed by atoms with Gasteiger partial charge < -0.3 is 14.7 Å². The molecule has 0 bridgehead atoms. The molecule has 22 heavy (non-hydrogen) atoms. The lowest BCUT2D eigenvalue weighted by atomic mass is 10.1. The Balaban J connectivity index is 1.96. The lowest BCUT2D eigenvalue weighted by Gasteiger charge is -2.20. The highest BCUT2D eigenvalue weighted by Crippen LogP contribution is 2.33. The molecule has 3 rings (SSSR count). The Morgan fingerprint density at radius 2 is 2.32 bits per heavy atom. The number of ether oxygens (including phenoxy) is 1. The van der Waals surface area contributed by atoms with Crippen molar-refractivity contribution in [3.63, 3.8) is 0 Å². The number of benzene rings is 1. The molecule has 1 N–H and O–H groups in total. The fourth-order valence-electron chi connectivity index (χ4n) is 2.92. The van der Waals surface area contributed by atoms with Gasteiger partial charge >= 0.3 is 5.97 Å². The molecule has 0 spiro atoms. The summed E-state index contributed by atoms with van der Waals surface area (Å²) in [6, 6.07) is 7.86. The van der Waals surface area contributed by atoms with Gasteiger partial charge in [0.15, 0.2) is 0 Å². The van der Waals surface area contributed by atoms with Gasteiger partial charge in [0.25, 0.3) is 0 Å². The average molecular weight is 300 g/mol. The van der Waals surface area contributed by atoms with Gasteiger partial charge in [-0.05, 0) is 25.0 Å². The molecule has 2 aromatic rings. The van der Waals surface area contributed by atoms with Crippen molar-refractivity contribution in [1.29, 1.82) is 0 Å². The molecule has 0 saturated carbocycles. The zero-order valence-electron chi connectivity index (χ0n) is 12.7. The number of para-hydroxylation sites is 1. The lowest BCUT2D eigenvalue weighted by Crippen LogP contribution is -2.22. The second kappa shape index (κ2) is 6.22. The summed E-state index contributed by atoms with van der Waals surface area (Å²) in [7, 11) is 0. The zero-order valence-corrected chi connectivity index (χ0v) is 12.7. The zero-order chi connectivity index (χ0) is 15.5. The van der Waals surface area contributed by atoms with Crippen molar-refractivity contribution in [2.45, 2.75) is 19.8 Å². The van der Waals surface area contributed by atoms with Gasteiger partial charge in [-0.15, -0.1) is 0 Å². The first-order valence-electron chi connectivity index (χ1n) is 7.69. The third-order valence-electron chi connectivity index (χ3n) is 4.05. The van der Waals surface area contributed by atoms with Crippen molar-refractivity contribution in [3.8, 4) is 5.75 Å². The van der Waals surface area contributed by atoms with Crippen LogP contribution in [0.2, 0.25) is 0 Å². The SMILES string of the molecule is CCCOc1cccc2c(N3CCC(C(=O)O)C3)ccnc12. The summed E-state index contributed by atoms with van der Waals surface area (Å²) in [6.07, 6.45) is 3.40. The topological polar surface area (TPSA) is 62.7 Å². The first-order valence-corrected chi connectivity index (χ1v) is 7.69. The highest BCUT2D eigenvalue weighted by molar-refractivity contribution is 5.95. The fraction of sp³-hybridized carbons (Fsp3) is 0.412. The van der Waals surface area contributed by atoms with E-state index in [0.29, 0.717) is 19.6 Å². The van der Waals surface area contributed by atoms with Crippen LogP contribution in [0.25, 0.3) is 10.9 Å². The van der Waals surface area contributed by atoms with E-state index in [9.17, 15) is 9.90 Å².